The van der Waals surface area contributed by atoms with Crippen LogP contribution in [0, 0.1) is 0 Å². The van der Waals surface area contributed by atoms with Crippen LogP contribution < -0.4 is 4.18 Å². The van der Waals surface area contributed by atoms with Crippen LogP contribution >= 0.6 is 0 Å². The van der Waals surface area contributed by atoms with Gasteiger partial charge in [0.05, 0.1) is 5.69 Å². The summed E-state index contributed by atoms with van der Waals surface area (Å²) in [4.78, 5) is 3.89. The van der Waals surface area contributed by atoms with E-state index in [4.69, 9.17) is 0 Å². The van der Waals surface area contributed by atoms with Crippen molar-refractivity contribution in [2.24, 2.45) is 0 Å². The van der Waals surface area contributed by atoms with Crippen LogP contribution in [-0.4, -0.2) is 18.9 Å². The summed E-state index contributed by atoms with van der Waals surface area (Å²) >= 11 is 0. The first kappa shape index (κ1) is 13.9. The molecule has 0 spiro atoms. The van der Waals surface area contributed by atoms with E-state index >= 15 is 0 Å². The first-order valence-corrected chi connectivity index (χ1v) is 7.28. The van der Waals surface area contributed by atoms with E-state index in [1.165, 1.54) is 6.07 Å². The molecule has 0 saturated heterocycles. The second-order valence-corrected chi connectivity index (χ2v) is 6.01. The van der Waals surface area contributed by atoms with Crippen molar-refractivity contribution in [2.45, 2.75) is 11.9 Å². The Morgan fingerprint density at radius 1 is 1.05 bits per heavy atom. The Labute approximate surface area is 118 Å². The maximum atomic E-state index is 12.3. The SMILES string of the molecule is O=S(=O)(Oc1ccc2c(n1)-c1ccccc1C2)C(F)(F)F. The number of pyridine rings is 1. The number of benzene rings is 1. The van der Waals surface area contributed by atoms with Crippen LogP contribution in [0.15, 0.2) is 36.4 Å². The minimum absolute atomic E-state index is 0.445. The molecular formula is C13H8F3NO3S. The van der Waals surface area contributed by atoms with Crippen molar-refractivity contribution >= 4 is 10.1 Å². The van der Waals surface area contributed by atoms with Crippen LogP contribution in [-0.2, 0) is 16.5 Å². The molecule has 1 aliphatic carbocycles. The van der Waals surface area contributed by atoms with E-state index in [0.29, 0.717) is 12.1 Å². The third kappa shape index (κ3) is 2.35. The lowest BCUT2D eigenvalue weighted by atomic mass is 10.1. The molecule has 1 aromatic heterocycles. The molecule has 1 aliphatic rings. The quantitative estimate of drug-likeness (QED) is 0.539. The van der Waals surface area contributed by atoms with Crippen LogP contribution in [0.25, 0.3) is 11.3 Å². The van der Waals surface area contributed by atoms with E-state index in [2.05, 4.69) is 9.17 Å². The summed E-state index contributed by atoms with van der Waals surface area (Å²) in [5.41, 5.74) is -2.47. The summed E-state index contributed by atoms with van der Waals surface area (Å²) in [6, 6.07) is 9.91. The lowest BCUT2D eigenvalue weighted by molar-refractivity contribution is -0.0501. The van der Waals surface area contributed by atoms with Gasteiger partial charge in [0.25, 0.3) is 0 Å². The molecule has 2 aromatic rings. The summed E-state index contributed by atoms with van der Waals surface area (Å²) in [7, 11) is -5.71. The van der Waals surface area contributed by atoms with Gasteiger partial charge in [-0.05, 0) is 11.1 Å². The molecular weight excluding hydrogens is 307 g/mol. The fraction of sp³-hybridized carbons (Fsp3) is 0.154. The zero-order valence-electron chi connectivity index (χ0n) is 10.4. The molecule has 8 heteroatoms. The zero-order valence-corrected chi connectivity index (χ0v) is 11.2. The molecule has 0 radical (unpaired) electrons. The number of alkyl halides is 3. The summed E-state index contributed by atoms with van der Waals surface area (Å²) in [5.74, 6) is -0.595. The Morgan fingerprint density at radius 3 is 2.48 bits per heavy atom. The van der Waals surface area contributed by atoms with Crippen molar-refractivity contribution in [2.75, 3.05) is 0 Å². The van der Waals surface area contributed by atoms with E-state index < -0.39 is 21.5 Å². The molecule has 0 N–H and O–H groups in total. The van der Waals surface area contributed by atoms with Crippen LogP contribution in [0.3, 0.4) is 0 Å². The Kier molecular flexibility index (Phi) is 2.94. The van der Waals surface area contributed by atoms with Gasteiger partial charge < -0.3 is 4.18 Å². The molecule has 4 nitrogen and oxygen atoms in total. The van der Waals surface area contributed by atoms with E-state index in [0.717, 1.165) is 22.8 Å². The number of hydrogen-bond donors (Lipinski definition) is 0. The minimum Gasteiger partial charge on any atom is -0.355 e. The molecule has 21 heavy (non-hydrogen) atoms. The Hall–Kier alpha value is -2.09. The Balaban J connectivity index is 2.00. The Morgan fingerprint density at radius 2 is 1.76 bits per heavy atom. The molecule has 0 aliphatic heterocycles. The van der Waals surface area contributed by atoms with E-state index in [9.17, 15) is 21.6 Å². The van der Waals surface area contributed by atoms with E-state index in [-0.39, 0.29) is 0 Å². The molecule has 0 atom stereocenters. The predicted molar refractivity (Wildman–Crippen MR) is 68.1 cm³/mol. The van der Waals surface area contributed by atoms with Gasteiger partial charge in [-0.2, -0.15) is 21.6 Å². The van der Waals surface area contributed by atoms with Crippen LogP contribution in [0.4, 0.5) is 13.2 Å². The largest absolute Gasteiger partial charge is 0.534 e. The highest BCUT2D eigenvalue weighted by molar-refractivity contribution is 7.87. The van der Waals surface area contributed by atoms with Gasteiger partial charge >= 0.3 is 15.6 Å². The lowest BCUT2D eigenvalue weighted by Crippen LogP contribution is -2.28. The number of halogens is 3. The number of rotatable bonds is 2. The molecule has 0 unspecified atom stereocenters. The first-order valence-electron chi connectivity index (χ1n) is 5.87. The molecule has 1 aromatic carbocycles. The molecule has 0 bridgehead atoms. The van der Waals surface area contributed by atoms with Gasteiger partial charge in [0, 0.05) is 18.1 Å². The van der Waals surface area contributed by atoms with Crippen LogP contribution in [0.2, 0.25) is 0 Å². The van der Waals surface area contributed by atoms with Gasteiger partial charge in [0.15, 0.2) is 0 Å². The van der Waals surface area contributed by atoms with Gasteiger partial charge in [0.2, 0.25) is 5.88 Å². The highest BCUT2D eigenvalue weighted by Gasteiger charge is 2.48. The van der Waals surface area contributed by atoms with Gasteiger partial charge in [-0.25, -0.2) is 4.98 Å². The third-order valence-corrected chi connectivity index (χ3v) is 4.04. The summed E-state index contributed by atoms with van der Waals surface area (Å²) in [6.07, 6.45) is 0.602. The maximum absolute atomic E-state index is 12.3. The molecule has 0 saturated carbocycles. The van der Waals surface area contributed by atoms with Crippen molar-refractivity contribution in [3.63, 3.8) is 0 Å². The molecule has 0 amide bonds. The zero-order chi connectivity index (χ0) is 15.3. The minimum atomic E-state index is -5.71. The van der Waals surface area contributed by atoms with Crippen molar-refractivity contribution in [1.82, 2.24) is 4.98 Å². The average Bonchev–Trinajstić information content (AvgIpc) is 2.75. The van der Waals surface area contributed by atoms with Gasteiger partial charge in [-0.15, -0.1) is 0 Å². The highest BCUT2D eigenvalue weighted by atomic mass is 32.2. The van der Waals surface area contributed by atoms with Crippen LogP contribution in [0.1, 0.15) is 11.1 Å². The molecule has 110 valence electrons. The molecule has 0 fully saturated rings. The fourth-order valence-electron chi connectivity index (χ4n) is 2.16. The van der Waals surface area contributed by atoms with E-state index in [1.807, 2.05) is 12.1 Å². The normalized spacial score (nSPS) is 13.7. The maximum Gasteiger partial charge on any atom is 0.534 e. The van der Waals surface area contributed by atoms with Crippen molar-refractivity contribution < 1.29 is 25.8 Å². The number of aromatic nitrogens is 1. The molecule has 1 heterocycles. The second kappa shape index (κ2) is 4.45. The van der Waals surface area contributed by atoms with Crippen molar-refractivity contribution in [3.05, 3.63) is 47.5 Å². The number of nitrogens with zero attached hydrogens (tertiary/aromatic N) is 1. The summed E-state index contributed by atoms with van der Waals surface area (Å²) in [5, 5.41) is 0. The highest BCUT2D eigenvalue weighted by Crippen LogP contribution is 2.36. The number of hydrogen-bond acceptors (Lipinski definition) is 4. The lowest BCUT2D eigenvalue weighted by Gasteiger charge is -2.09. The first-order chi connectivity index (χ1) is 9.78. The third-order valence-electron chi connectivity index (χ3n) is 3.09. The summed E-state index contributed by atoms with van der Waals surface area (Å²) in [6.45, 7) is 0. The van der Waals surface area contributed by atoms with Gasteiger partial charge in [-0.1, -0.05) is 30.3 Å². The van der Waals surface area contributed by atoms with Crippen LogP contribution in [0.5, 0.6) is 5.88 Å². The second-order valence-electron chi connectivity index (χ2n) is 4.47. The monoisotopic (exact) mass is 315 g/mol. The number of fused-ring (bicyclic) bond motifs is 3. The smallest absolute Gasteiger partial charge is 0.355 e. The standard InChI is InChI=1S/C13H8F3NO3S/c14-13(15,16)21(18,19)20-11-6-5-9-7-8-3-1-2-4-10(8)12(9)17-11/h1-6H,7H2. The van der Waals surface area contributed by atoms with Gasteiger partial charge in [-0.3, -0.25) is 0 Å². The average molecular weight is 315 g/mol. The fourth-order valence-corrected chi connectivity index (χ4v) is 2.57. The van der Waals surface area contributed by atoms with Gasteiger partial charge in [0.1, 0.15) is 0 Å². The topological polar surface area (TPSA) is 56.3 Å². The van der Waals surface area contributed by atoms with E-state index in [1.54, 1.807) is 12.1 Å². The Bertz CT molecular complexity index is 816. The van der Waals surface area contributed by atoms with Crippen molar-refractivity contribution in [1.29, 1.82) is 0 Å². The van der Waals surface area contributed by atoms with Crippen molar-refractivity contribution in [3.8, 4) is 17.1 Å². The summed E-state index contributed by atoms with van der Waals surface area (Å²) < 4.78 is 62.9. The molecule has 3 rings (SSSR count). The predicted octanol–water partition coefficient (Wildman–Crippen LogP) is 2.88.